The van der Waals surface area contributed by atoms with Crippen LogP contribution in [0.25, 0.3) is 0 Å². The highest BCUT2D eigenvalue weighted by atomic mass is 16.4. The molecule has 2 heterocycles. The summed E-state index contributed by atoms with van der Waals surface area (Å²) in [5.74, 6) is -0.707. The van der Waals surface area contributed by atoms with Crippen LogP contribution in [0, 0.1) is 0 Å². The molecule has 4 heteroatoms. The van der Waals surface area contributed by atoms with E-state index in [1.165, 1.54) is 0 Å². The summed E-state index contributed by atoms with van der Waals surface area (Å²) < 4.78 is 0. The Morgan fingerprint density at radius 3 is 2.54 bits per heavy atom. The Kier molecular flexibility index (Phi) is 2.04. The number of hydrogen-bond acceptors (Lipinski definition) is 3. The molecule has 2 fully saturated rings. The van der Waals surface area contributed by atoms with Crippen LogP contribution in [0.5, 0.6) is 0 Å². The van der Waals surface area contributed by atoms with Gasteiger partial charge in [0.25, 0.3) is 0 Å². The van der Waals surface area contributed by atoms with Crippen molar-refractivity contribution in [2.45, 2.75) is 32.0 Å². The standard InChI is InChI=1S/C9H16N2O2/c1-6(2)11-4-7-8(11)3-10(7)5-9(12)13/h6-8H,3-5H2,1-2H3,(H,12,13)/t7-,8?/m0/s1. The van der Waals surface area contributed by atoms with E-state index < -0.39 is 5.97 Å². The number of rotatable bonds is 3. The van der Waals surface area contributed by atoms with Crippen molar-refractivity contribution in [2.24, 2.45) is 0 Å². The molecule has 0 spiro atoms. The van der Waals surface area contributed by atoms with Gasteiger partial charge in [0.05, 0.1) is 6.54 Å². The summed E-state index contributed by atoms with van der Waals surface area (Å²) in [5.41, 5.74) is 0. The van der Waals surface area contributed by atoms with Gasteiger partial charge in [0.15, 0.2) is 0 Å². The highest BCUT2D eigenvalue weighted by molar-refractivity contribution is 5.69. The van der Waals surface area contributed by atoms with Crippen molar-refractivity contribution in [3.05, 3.63) is 0 Å². The molecule has 0 aliphatic carbocycles. The molecule has 74 valence electrons. The lowest BCUT2D eigenvalue weighted by Crippen LogP contribution is -2.80. The maximum atomic E-state index is 10.4. The number of nitrogens with zero attached hydrogens (tertiary/aromatic N) is 2. The molecule has 0 bridgehead atoms. The molecule has 1 unspecified atom stereocenters. The van der Waals surface area contributed by atoms with Crippen LogP contribution in [0.15, 0.2) is 0 Å². The van der Waals surface area contributed by atoms with Gasteiger partial charge < -0.3 is 5.11 Å². The van der Waals surface area contributed by atoms with Crippen molar-refractivity contribution < 1.29 is 9.90 Å². The van der Waals surface area contributed by atoms with Crippen molar-refractivity contribution in [3.8, 4) is 0 Å². The van der Waals surface area contributed by atoms with Gasteiger partial charge in [0.2, 0.25) is 0 Å². The molecule has 2 atom stereocenters. The fourth-order valence-corrected chi connectivity index (χ4v) is 2.33. The number of carboxylic acid groups (broad SMARTS) is 1. The van der Waals surface area contributed by atoms with Crippen LogP contribution < -0.4 is 0 Å². The molecule has 0 amide bonds. The third kappa shape index (κ3) is 1.34. The van der Waals surface area contributed by atoms with Crippen LogP contribution in [0.1, 0.15) is 13.8 Å². The number of fused-ring (bicyclic) bond motifs is 1. The van der Waals surface area contributed by atoms with Gasteiger partial charge in [-0.15, -0.1) is 0 Å². The van der Waals surface area contributed by atoms with E-state index in [4.69, 9.17) is 5.11 Å². The largest absolute Gasteiger partial charge is 0.480 e. The first-order chi connectivity index (χ1) is 6.09. The second-order valence-electron chi connectivity index (χ2n) is 4.25. The molecule has 0 aromatic heterocycles. The lowest BCUT2D eigenvalue weighted by molar-refractivity contribution is -0.159. The number of carboxylic acids is 1. The monoisotopic (exact) mass is 184 g/mol. The van der Waals surface area contributed by atoms with E-state index >= 15 is 0 Å². The number of hydrogen-bond donors (Lipinski definition) is 1. The highest BCUT2D eigenvalue weighted by Gasteiger charge is 2.52. The Labute approximate surface area is 78.1 Å². The van der Waals surface area contributed by atoms with Gasteiger partial charge in [-0.1, -0.05) is 0 Å². The smallest absolute Gasteiger partial charge is 0.317 e. The lowest BCUT2D eigenvalue weighted by Gasteiger charge is -2.63. The topological polar surface area (TPSA) is 43.8 Å². The van der Waals surface area contributed by atoms with Gasteiger partial charge in [0, 0.05) is 31.2 Å². The SMILES string of the molecule is CC(C)N1C[C@H]2C1CN2CC(=O)O. The van der Waals surface area contributed by atoms with Crippen LogP contribution >= 0.6 is 0 Å². The predicted molar refractivity (Wildman–Crippen MR) is 48.6 cm³/mol. The maximum Gasteiger partial charge on any atom is 0.317 e. The minimum atomic E-state index is -0.707. The zero-order valence-electron chi connectivity index (χ0n) is 8.10. The lowest BCUT2D eigenvalue weighted by atomic mass is 9.84. The first-order valence-electron chi connectivity index (χ1n) is 4.81. The third-order valence-corrected chi connectivity index (χ3v) is 3.16. The molecule has 4 nitrogen and oxygen atoms in total. The third-order valence-electron chi connectivity index (χ3n) is 3.16. The van der Waals surface area contributed by atoms with E-state index in [1.807, 2.05) is 4.90 Å². The number of aliphatic carboxylic acids is 1. The summed E-state index contributed by atoms with van der Waals surface area (Å²) in [7, 11) is 0. The Balaban J connectivity index is 1.79. The fraction of sp³-hybridized carbons (Fsp3) is 0.889. The van der Waals surface area contributed by atoms with E-state index in [0.717, 1.165) is 13.1 Å². The van der Waals surface area contributed by atoms with E-state index in [2.05, 4.69) is 18.7 Å². The molecule has 2 saturated heterocycles. The second kappa shape index (κ2) is 2.96. The number of piperazine rings is 1. The van der Waals surface area contributed by atoms with Crippen molar-refractivity contribution in [1.29, 1.82) is 0 Å². The van der Waals surface area contributed by atoms with Crippen molar-refractivity contribution in [2.75, 3.05) is 19.6 Å². The van der Waals surface area contributed by atoms with E-state index in [9.17, 15) is 4.79 Å². The quantitative estimate of drug-likeness (QED) is 0.662. The van der Waals surface area contributed by atoms with Gasteiger partial charge in [-0.25, -0.2) is 0 Å². The molecule has 2 rings (SSSR count). The van der Waals surface area contributed by atoms with Gasteiger partial charge in [-0.2, -0.15) is 0 Å². The van der Waals surface area contributed by atoms with Gasteiger partial charge in [-0.05, 0) is 13.8 Å². The number of likely N-dealkylation sites (tertiary alicyclic amines) is 2. The Morgan fingerprint density at radius 2 is 2.15 bits per heavy atom. The molecule has 0 saturated carbocycles. The molecular weight excluding hydrogens is 168 g/mol. The summed E-state index contributed by atoms with van der Waals surface area (Å²) >= 11 is 0. The van der Waals surface area contributed by atoms with Crippen molar-refractivity contribution >= 4 is 5.97 Å². The molecular formula is C9H16N2O2. The zero-order valence-corrected chi connectivity index (χ0v) is 8.10. The van der Waals surface area contributed by atoms with Gasteiger partial charge >= 0.3 is 5.97 Å². The van der Waals surface area contributed by atoms with Crippen LogP contribution in [0.2, 0.25) is 0 Å². The van der Waals surface area contributed by atoms with Crippen LogP contribution in [0.4, 0.5) is 0 Å². The highest BCUT2D eigenvalue weighted by Crippen LogP contribution is 2.34. The molecule has 0 aromatic rings. The molecule has 13 heavy (non-hydrogen) atoms. The van der Waals surface area contributed by atoms with E-state index in [-0.39, 0.29) is 6.54 Å². The second-order valence-corrected chi connectivity index (χ2v) is 4.25. The van der Waals surface area contributed by atoms with E-state index in [0.29, 0.717) is 18.1 Å². The molecule has 1 N–H and O–H groups in total. The minimum absolute atomic E-state index is 0.215. The Bertz CT molecular complexity index is 230. The molecule has 2 aliphatic heterocycles. The first kappa shape index (κ1) is 8.97. The average molecular weight is 184 g/mol. The normalized spacial score (nSPS) is 33.8. The predicted octanol–water partition coefficient (Wildman–Crippen LogP) is -0.152. The van der Waals surface area contributed by atoms with Crippen molar-refractivity contribution in [3.63, 3.8) is 0 Å². The Hall–Kier alpha value is -0.610. The Morgan fingerprint density at radius 1 is 1.46 bits per heavy atom. The first-order valence-corrected chi connectivity index (χ1v) is 4.81. The van der Waals surface area contributed by atoms with Gasteiger partial charge in [-0.3, -0.25) is 14.6 Å². The van der Waals surface area contributed by atoms with E-state index in [1.54, 1.807) is 0 Å². The molecule has 2 aliphatic rings. The summed E-state index contributed by atoms with van der Waals surface area (Å²) in [6.07, 6.45) is 0. The summed E-state index contributed by atoms with van der Waals surface area (Å²) in [6, 6.07) is 1.77. The molecule has 0 radical (unpaired) electrons. The average Bonchev–Trinajstić information content (AvgIpc) is 1.97. The van der Waals surface area contributed by atoms with Gasteiger partial charge in [0.1, 0.15) is 0 Å². The zero-order chi connectivity index (χ0) is 9.59. The summed E-state index contributed by atoms with van der Waals surface area (Å²) in [6.45, 7) is 6.59. The van der Waals surface area contributed by atoms with Crippen molar-refractivity contribution in [1.82, 2.24) is 9.80 Å². The van der Waals surface area contributed by atoms with Crippen LogP contribution in [-0.4, -0.2) is 58.6 Å². The summed E-state index contributed by atoms with van der Waals surface area (Å²) in [4.78, 5) is 14.9. The maximum absolute atomic E-state index is 10.4. The van der Waals surface area contributed by atoms with Crippen LogP contribution in [0.3, 0.4) is 0 Å². The number of carbonyl (C=O) groups is 1. The fourth-order valence-electron chi connectivity index (χ4n) is 2.33. The minimum Gasteiger partial charge on any atom is -0.480 e. The van der Waals surface area contributed by atoms with Crippen LogP contribution in [-0.2, 0) is 4.79 Å². The summed E-state index contributed by atoms with van der Waals surface area (Å²) in [5, 5.41) is 8.60. The molecule has 0 aromatic carbocycles.